The third kappa shape index (κ3) is 4.50. The number of imide groups is 1. The van der Waals surface area contributed by atoms with E-state index in [1.807, 2.05) is 30.3 Å². The van der Waals surface area contributed by atoms with Gasteiger partial charge in [0.05, 0.1) is 23.7 Å². The summed E-state index contributed by atoms with van der Waals surface area (Å²) >= 11 is 2.13. The first-order valence-electron chi connectivity index (χ1n) is 12.4. The molecule has 0 aliphatic carbocycles. The van der Waals surface area contributed by atoms with Crippen molar-refractivity contribution in [1.29, 1.82) is 0 Å². The summed E-state index contributed by atoms with van der Waals surface area (Å²) in [6.45, 7) is -0.293. The van der Waals surface area contributed by atoms with Crippen LogP contribution in [0.1, 0.15) is 16.4 Å². The molecule has 8 nitrogen and oxygen atoms in total. The lowest BCUT2D eigenvalue weighted by atomic mass is 9.83. The van der Waals surface area contributed by atoms with Crippen LogP contribution in [0.4, 0.5) is 15.8 Å². The summed E-state index contributed by atoms with van der Waals surface area (Å²) < 4.78 is 19.8. The smallest absolute Gasteiger partial charge is 0.308 e. The van der Waals surface area contributed by atoms with Crippen LogP contribution < -0.4 is 19.8 Å². The molecule has 1 N–H and O–H groups in total. The molecule has 1 saturated heterocycles. The molecule has 3 heterocycles. The van der Waals surface area contributed by atoms with Gasteiger partial charge in [-0.2, -0.15) is 0 Å². The van der Waals surface area contributed by atoms with E-state index < -0.39 is 28.8 Å². The van der Waals surface area contributed by atoms with E-state index in [1.54, 1.807) is 24.3 Å². The number of benzene rings is 3. The van der Waals surface area contributed by atoms with Crippen LogP contribution in [0, 0.1) is 11.7 Å². The van der Waals surface area contributed by atoms with E-state index in [9.17, 15) is 23.6 Å². The molecule has 0 radical (unpaired) electrons. The minimum absolute atomic E-state index is 0.293. The number of halogens is 1. The summed E-state index contributed by atoms with van der Waals surface area (Å²) in [4.78, 5) is 55.2. The number of thioether (sulfide) groups is 1. The molecule has 11 heteroatoms. The molecule has 3 unspecified atom stereocenters. The van der Waals surface area contributed by atoms with Crippen LogP contribution >= 0.6 is 23.1 Å². The van der Waals surface area contributed by atoms with E-state index in [0.717, 1.165) is 28.7 Å². The lowest BCUT2D eigenvalue weighted by Gasteiger charge is -2.30. The fraction of sp³-hybridized carbons (Fsp3) is 0.172. The van der Waals surface area contributed by atoms with Crippen molar-refractivity contribution in [3.05, 3.63) is 105 Å². The SMILES string of the molecule is COc1ccc(N2C(=O)C3Sc4c(sc(=O)n4CC(=O)Nc4ccc(F)cc4)C(c4ccccc4)C3C2=O)cc1. The third-order valence-corrected chi connectivity index (χ3v) is 9.57. The Hall–Kier alpha value is -4.22. The topological polar surface area (TPSA) is 97.7 Å². The Morgan fingerprint density at radius 3 is 2.33 bits per heavy atom. The zero-order valence-corrected chi connectivity index (χ0v) is 22.7. The first kappa shape index (κ1) is 26.0. The summed E-state index contributed by atoms with van der Waals surface area (Å²) in [7, 11) is 1.54. The molecule has 2 aliphatic rings. The van der Waals surface area contributed by atoms with Crippen molar-refractivity contribution in [2.45, 2.75) is 22.7 Å². The maximum Gasteiger partial charge on any atom is 0.308 e. The number of ether oxygens (including phenoxy) is 1. The van der Waals surface area contributed by atoms with Crippen molar-refractivity contribution < 1.29 is 23.5 Å². The molecule has 2 aliphatic heterocycles. The first-order chi connectivity index (χ1) is 19.4. The third-order valence-electron chi connectivity index (χ3n) is 6.97. The second-order valence-corrected chi connectivity index (χ2v) is 11.5. The van der Waals surface area contributed by atoms with Crippen LogP contribution in [0.25, 0.3) is 0 Å². The number of rotatable bonds is 6. The molecule has 4 aromatic rings. The Bertz CT molecular complexity index is 1670. The quantitative estimate of drug-likeness (QED) is 0.340. The molecule has 0 bridgehead atoms. The number of anilines is 2. The van der Waals surface area contributed by atoms with Gasteiger partial charge in [0.1, 0.15) is 23.4 Å². The van der Waals surface area contributed by atoms with E-state index in [4.69, 9.17) is 4.74 Å². The molecule has 0 spiro atoms. The minimum Gasteiger partial charge on any atom is -0.497 e. The predicted molar refractivity (Wildman–Crippen MR) is 151 cm³/mol. The largest absolute Gasteiger partial charge is 0.497 e. The average Bonchev–Trinajstić information content (AvgIpc) is 3.41. The fourth-order valence-corrected chi connectivity index (χ4v) is 7.91. The van der Waals surface area contributed by atoms with E-state index in [0.29, 0.717) is 27.0 Å². The number of carbonyl (C=O) groups is 3. The number of thiazole rings is 1. The van der Waals surface area contributed by atoms with Crippen molar-refractivity contribution in [3.63, 3.8) is 0 Å². The van der Waals surface area contributed by atoms with E-state index >= 15 is 0 Å². The number of fused-ring (bicyclic) bond motifs is 2. The zero-order chi connectivity index (χ0) is 28.0. The number of amides is 3. The number of hydrogen-bond acceptors (Lipinski definition) is 7. The van der Waals surface area contributed by atoms with E-state index in [-0.39, 0.29) is 23.2 Å². The van der Waals surface area contributed by atoms with Gasteiger partial charge in [-0.25, -0.2) is 9.29 Å². The Labute approximate surface area is 236 Å². The van der Waals surface area contributed by atoms with E-state index in [1.165, 1.54) is 40.8 Å². The van der Waals surface area contributed by atoms with Crippen LogP contribution in [0.3, 0.4) is 0 Å². The molecule has 1 aromatic heterocycles. The van der Waals surface area contributed by atoms with Crippen molar-refractivity contribution in [2.75, 3.05) is 17.3 Å². The number of aromatic nitrogens is 1. The highest BCUT2D eigenvalue weighted by molar-refractivity contribution is 8.00. The number of methoxy groups -OCH3 is 1. The molecular weight excluding hydrogens is 553 g/mol. The predicted octanol–water partition coefficient (Wildman–Crippen LogP) is 4.49. The van der Waals surface area contributed by atoms with Crippen LogP contribution in [0.5, 0.6) is 5.75 Å². The van der Waals surface area contributed by atoms with Crippen LogP contribution in [-0.2, 0) is 20.9 Å². The van der Waals surface area contributed by atoms with Gasteiger partial charge in [-0.05, 0) is 54.1 Å². The van der Waals surface area contributed by atoms with Gasteiger partial charge in [-0.15, -0.1) is 0 Å². The van der Waals surface area contributed by atoms with Crippen LogP contribution in [-0.4, -0.2) is 34.6 Å². The van der Waals surface area contributed by atoms with Gasteiger partial charge in [0.15, 0.2) is 0 Å². The summed E-state index contributed by atoms with van der Waals surface area (Å²) in [6.07, 6.45) is 0. The Kier molecular flexibility index (Phi) is 6.77. The lowest BCUT2D eigenvalue weighted by molar-refractivity contribution is -0.122. The molecule has 1 fully saturated rings. The summed E-state index contributed by atoms with van der Waals surface area (Å²) in [6, 6.07) is 21.3. The highest BCUT2D eigenvalue weighted by Crippen LogP contribution is 2.53. The standard InChI is InChI=1S/C29H22FN3O5S2/c1-38-20-13-11-19(12-14-20)33-26(35)23-22(16-5-3-2-4-6-16)25-28(39-24(23)27(33)36)32(29(37)40-25)15-21(34)31-18-9-7-17(30)8-10-18/h2-14,22-24H,15H2,1H3,(H,31,34). The molecule has 6 rings (SSSR count). The molecule has 40 heavy (non-hydrogen) atoms. The van der Waals surface area contributed by atoms with Gasteiger partial charge in [0.25, 0.3) is 0 Å². The monoisotopic (exact) mass is 575 g/mol. The Morgan fingerprint density at radius 1 is 0.950 bits per heavy atom. The summed E-state index contributed by atoms with van der Waals surface area (Å²) in [5, 5.41) is 2.39. The fourth-order valence-electron chi connectivity index (χ4n) is 5.14. The van der Waals surface area contributed by atoms with E-state index in [2.05, 4.69) is 5.32 Å². The lowest BCUT2D eigenvalue weighted by Crippen LogP contribution is -2.33. The molecule has 3 aromatic carbocycles. The molecule has 3 atom stereocenters. The van der Waals surface area contributed by atoms with Crippen LogP contribution in [0.2, 0.25) is 0 Å². The van der Waals surface area contributed by atoms with Crippen molar-refractivity contribution in [1.82, 2.24) is 4.57 Å². The molecule has 202 valence electrons. The minimum atomic E-state index is -0.785. The second kappa shape index (κ2) is 10.4. The Balaban J connectivity index is 1.38. The number of hydrogen-bond donors (Lipinski definition) is 1. The van der Waals surface area contributed by atoms with Crippen molar-refractivity contribution in [3.8, 4) is 5.75 Å². The maximum atomic E-state index is 13.9. The second-order valence-electron chi connectivity index (χ2n) is 9.34. The summed E-state index contributed by atoms with van der Waals surface area (Å²) in [5.74, 6) is -2.29. The number of nitrogens with one attached hydrogen (secondary N) is 1. The van der Waals surface area contributed by atoms with Gasteiger partial charge < -0.3 is 10.1 Å². The molecule has 0 saturated carbocycles. The van der Waals surface area contributed by atoms with Crippen molar-refractivity contribution in [2.24, 2.45) is 5.92 Å². The molecule has 3 amide bonds. The number of carbonyl (C=O) groups excluding carboxylic acids is 3. The normalized spacial score (nSPS) is 19.8. The Morgan fingerprint density at radius 2 is 1.65 bits per heavy atom. The van der Waals surface area contributed by atoms with Gasteiger partial charge in [0.2, 0.25) is 17.7 Å². The van der Waals surface area contributed by atoms with Gasteiger partial charge in [0, 0.05) is 16.5 Å². The highest BCUT2D eigenvalue weighted by atomic mass is 32.2. The average molecular weight is 576 g/mol. The first-order valence-corrected chi connectivity index (χ1v) is 14.1. The maximum absolute atomic E-state index is 13.9. The zero-order valence-electron chi connectivity index (χ0n) is 21.1. The highest BCUT2D eigenvalue weighted by Gasteiger charge is 2.56. The van der Waals surface area contributed by atoms with Gasteiger partial charge >= 0.3 is 4.87 Å². The van der Waals surface area contributed by atoms with Gasteiger partial charge in [-0.3, -0.25) is 23.7 Å². The molecular formula is C29H22FN3O5S2. The number of nitrogens with zero attached hydrogens (tertiary/aromatic N) is 2. The van der Waals surface area contributed by atoms with Crippen molar-refractivity contribution >= 4 is 52.2 Å². The summed E-state index contributed by atoms with van der Waals surface area (Å²) in [5.41, 5.74) is 1.64. The van der Waals surface area contributed by atoms with Crippen LogP contribution in [0.15, 0.2) is 88.7 Å². The van der Waals surface area contributed by atoms with Gasteiger partial charge in [-0.1, -0.05) is 53.4 Å².